The lowest BCUT2D eigenvalue weighted by Gasteiger charge is -2.42. The molecule has 0 saturated carbocycles. The van der Waals surface area contributed by atoms with Gasteiger partial charge in [0.1, 0.15) is 28.0 Å². The number of likely N-dealkylation sites (tertiary alicyclic amines) is 1. The number of rotatable bonds is 4. The Bertz CT molecular complexity index is 1200. The molecule has 4 rings (SSSR count). The van der Waals surface area contributed by atoms with Gasteiger partial charge >= 0.3 is 12.4 Å². The summed E-state index contributed by atoms with van der Waals surface area (Å²) in [6, 6.07) is 6.32. The number of hydrogen-bond acceptors (Lipinski definition) is 5. The van der Waals surface area contributed by atoms with E-state index in [4.69, 9.17) is 4.74 Å². The highest BCUT2D eigenvalue weighted by molar-refractivity contribution is 7.89. The minimum atomic E-state index is -5.09. The molecule has 1 N–H and O–H groups in total. The first-order valence-electron chi connectivity index (χ1n) is 10.4. The van der Waals surface area contributed by atoms with E-state index in [2.05, 4.69) is 10.1 Å². The van der Waals surface area contributed by atoms with Crippen molar-refractivity contribution in [1.82, 2.24) is 9.21 Å². The SMILES string of the molecule is O=C(Nc1cc(F)cc(F)c1)N1CCC2(CC1)OCCN2S(=O)(=O)c1ccccc1OC(F)(F)F. The molecule has 35 heavy (non-hydrogen) atoms. The molecule has 0 aliphatic carbocycles. The Morgan fingerprint density at radius 3 is 2.29 bits per heavy atom. The highest BCUT2D eigenvalue weighted by Gasteiger charge is 2.52. The van der Waals surface area contributed by atoms with E-state index in [9.17, 15) is 35.2 Å². The molecule has 2 aliphatic rings. The second-order valence-electron chi connectivity index (χ2n) is 7.94. The predicted octanol–water partition coefficient (Wildman–Crippen LogP) is 3.91. The number of carbonyl (C=O) groups is 1. The van der Waals surface area contributed by atoms with Crippen LogP contribution in [0.5, 0.6) is 5.75 Å². The minimum Gasteiger partial charge on any atom is -0.404 e. The van der Waals surface area contributed by atoms with E-state index < -0.39 is 50.4 Å². The van der Waals surface area contributed by atoms with Crippen molar-refractivity contribution in [2.45, 2.75) is 29.8 Å². The van der Waals surface area contributed by atoms with Gasteiger partial charge in [-0.2, -0.15) is 4.31 Å². The first-order valence-corrected chi connectivity index (χ1v) is 11.9. The van der Waals surface area contributed by atoms with Gasteiger partial charge in [-0.3, -0.25) is 0 Å². The zero-order chi connectivity index (χ0) is 25.4. The number of halogens is 5. The van der Waals surface area contributed by atoms with Crippen molar-refractivity contribution in [2.24, 2.45) is 0 Å². The number of nitrogens with one attached hydrogen (secondary N) is 1. The van der Waals surface area contributed by atoms with Crippen molar-refractivity contribution in [2.75, 3.05) is 31.6 Å². The summed E-state index contributed by atoms with van der Waals surface area (Å²) >= 11 is 0. The van der Waals surface area contributed by atoms with Crippen LogP contribution in [-0.2, 0) is 14.8 Å². The number of ether oxygens (including phenoxy) is 2. The average molecular weight is 521 g/mol. The molecule has 2 aliphatic heterocycles. The Morgan fingerprint density at radius 1 is 1.03 bits per heavy atom. The lowest BCUT2D eigenvalue weighted by molar-refractivity contribution is -0.275. The summed E-state index contributed by atoms with van der Waals surface area (Å²) in [6.45, 7) is -0.0412. The summed E-state index contributed by atoms with van der Waals surface area (Å²) in [5.74, 6) is -2.60. The molecular formula is C21H20F5N3O5S. The average Bonchev–Trinajstić information content (AvgIpc) is 3.16. The fourth-order valence-electron chi connectivity index (χ4n) is 4.21. The number of alkyl halides is 3. The molecule has 0 aromatic heterocycles. The molecule has 0 radical (unpaired) electrons. The van der Waals surface area contributed by atoms with Crippen molar-refractivity contribution in [3.8, 4) is 5.75 Å². The lowest BCUT2D eigenvalue weighted by Crippen LogP contribution is -2.56. The van der Waals surface area contributed by atoms with E-state index in [1.165, 1.54) is 17.0 Å². The Hall–Kier alpha value is -2.97. The molecule has 190 valence electrons. The number of nitrogens with zero attached hydrogens (tertiary/aromatic N) is 2. The van der Waals surface area contributed by atoms with E-state index >= 15 is 0 Å². The third-order valence-electron chi connectivity index (χ3n) is 5.71. The molecule has 2 fully saturated rings. The maximum Gasteiger partial charge on any atom is 0.573 e. The monoisotopic (exact) mass is 521 g/mol. The number of anilines is 1. The summed E-state index contributed by atoms with van der Waals surface area (Å²) in [6.07, 6.45) is -5.03. The normalized spacial score (nSPS) is 18.6. The second-order valence-corrected chi connectivity index (χ2v) is 9.77. The summed E-state index contributed by atoms with van der Waals surface area (Å²) < 4.78 is 103. The number of sulfonamides is 1. The van der Waals surface area contributed by atoms with Crippen LogP contribution in [0.25, 0.3) is 0 Å². The van der Waals surface area contributed by atoms with Crippen LogP contribution in [0.3, 0.4) is 0 Å². The molecule has 0 atom stereocenters. The quantitative estimate of drug-likeness (QED) is 0.617. The number of hydrogen-bond donors (Lipinski definition) is 1. The number of para-hydroxylation sites is 1. The Labute approximate surface area is 197 Å². The number of benzene rings is 2. The summed E-state index contributed by atoms with van der Waals surface area (Å²) in [5.41, 5.74) is -1.46. The van der Waals surface area contributed by atoms with Crippen molar-refractivity contribution < 1.29 is 44.6 Å². The molecular weight excluding hydrogens is 501 g/mol. The van der Waals surface area contributed by atoms with Gasteiger partial charge in [0.15, 0.2) is 0 Å². The largest absolute Gasteiger partial charge is 0.573 e. The van der Waals surface area contributed by atoms with Crippen LogP contribution in [0.2, 0.25) is 0 Å². The van der Waals surface area contributed by atoms with Gasteiger partial charge in [-0.15, -0.1) is 13.2 Å². The van der Waals surface area contributed by atoms with E-state index in [0.717, 1.165) is 28.6 Å². The molecule has 0 bridgehead atoms. The van der Waals surface area contributed by atoms with E-state index in [1.807, 2.05) is 0 Å². The van der Waals surface area contributed by atoms with Gasteiger partial charge in [-0.25, -0.2) is 22.0 Å². The number of urea groups is 1. The number of carbonyl (C=O) groups excluding carboxylic acids is 1. The second kappa shape index (κ2) is 9.24. The van der Waals surface area contributed by atoms with Gasteiger partial charge in [-0.1, -0.05) is 12.1 Å². The zero-order valence-electron chi connectivity index (χ0n) is 18.0. The highest BCUT2D eigenvalue weighted by Crippen LogP contribution is 2.41. The number of amides is 2. The van der Waals surface area contributed by atoms with Crippen molar-refractivity contribution in [1.29, 1.82) is 0 Å². The third-order valence-corrected chi connectivity index (χ3v) is 7.70. The zero-order valence-corrected chi connectivity index (χ0v) is 18.8. The molecule has 8 nitrogen and oxygen atoms in total. The van der Waals surface area contributed by atoms with E-state index in [0.29, 0.717) is 6.07 Å². The molecule has 1 spiro atoms. The van der Waals surface area contributed by atoms with Gasteiger partial charge in [-0.05, 0) is 24.3 Å². The predicted molar refractivity (Wildman–Crippen MR) is 112 cm³/mol. The number of piperidine rings is 1. The molecule has 2 aromatic rings. The first kappa shape index (κ1) is 25.1. The van der Waals surface area contributed by atoms with Crippen LogP contribution >= 0.6 is 0 Å². The summed E-state index contributed by atoms with van der Waals surface area (Å²) in [7, 11) is -4.46. The van der Waals surface area contributed by atoms with Gasteiger partial charge in [0.2, 0.25) is 10.0 Å². The van der Waals surface area contributed by atoms with Crippen LogP contribution in [0.15, 0.2) is 47.4 Å². The molecule has 2 aromatic carbocycles. The van der Waals surface area contributed by atoms with Gasteiger partial charge in [0.25, 0.3) is 0 Å². The maximum atomic E-state index is 13.4. The third kappa shape index (κ3) is 5.33. The first-order chi connectivity index (χ1) is 16.4. The Balaban J connectivity index is 1.50. The van der Waals surface area contributed by atoms with Gasteiger partial charge in [0, 0.05) is 44.2 Å². The van der Waals surface area contributed by atoms with Crippen LogP contribution in [0, 0.1) is 11.6 Å². The summed E-state index contributed by atoms with van der Waals surface area (Å²) in [4.78, 5) is 13.2. The Morgan fingerprint density at radius 2 is 1.66 bits per heavy atom. The summed E-state index contributed by atoms with van der Waals surface area (Å²) in [5, 5.41) is 2.38. The molecule has 0 unspecified atom stereocenters. The van der Waals surface area contributed by atoms with Crippen LogP contribution < -0.4 is 10.1 Å². The molecule has 2 heterocycles. The van der Waals surface area contributed by atoms with Crippen molar-refractivity contribution >= 4 is 21.7 Å². The van der Waals surface area contributed by atoms with Crippen molar-refractivity contribution in [3.05, 3.63) is 54.1 Å². The fraction of sp³-hybridized carbons (Fsp3) is 0.381. The highest BCUT2D eigenvalue weighted by atomic mass is 32.2. The van der Waals surface area contributed by atoms with Crippen molar-refractivity contribution in [3.63, 3.8) is 0 Å². The standard InChI is InChI=1S/C21H20F5N3O5S/c22-14-11-15(23)13-16(12-14)27-19(30)28-7-5-20(6-8-28)29(9-10-33-20)35(31,32)18-4-2-1-3-17(18)34-21(24,25)26/h1-4,11-13H,5-10H2,(H,27,30). The van der Waals surface area contributed by atoms with Gasteiger partial charge in [0.05, 0.1) is 6.61 Å². The maximum absolute atomic E-state index is 13.4. The van der Waals surface area contributed by atoms with Crippen LogP contribution in [0.1, 0.15) is 12.8 Å². The molecule has 2 amide bonds. The van der Waals surface area contributed by atoms with Crippen LogP contribution in [-0.4, -0.2) is 62.0 Å². The molecule has 14 heteroatoms. The van der Waals surface area contributed by atoms with Gasteiger partial charge < -0.3 is 19.7 Å². The van der Waals surface area contributed by atoms with E-state index in [1.54, 1.807) is 0 Å². The fourth-order valence-corrected chi connectivity index (χ4v) is 6.05. The van der Waals surface area contributed by atoms with E-state index in [-0.39, 0.29) is 44.8 Å². The van der Waals surface area contributed by atoms with Crippen LogP contribution in [0.4, 0.5) is 32.4 Å². The Kier molecular flexibility index (Phi) is 6.64. The molecule has 2 saturated heterocycles. The smallest absolute Gasteiger partial charge is 0.404 e. The topological polar surface area (TPSA) is 88.2 Å². The lowest BCUT2D eigenvalue weighted by atomic mass is 10.0. The minimum absolute atomic E-state index is 0.0102.